The van der Waals surface area contributed by atoms with Gasteiger partial charge in [-0.15, -0.1) is 0 Å². The van der Waals surface area contributed by atoms with E-state index in [1.807, 2.05) is 24.3 Å². The average Bonchev–Trinajstić information content (AvgIpc) is 2.48. The van der Waals surface area contributed by atoms with Crippen LogP contribution in [0.3, 0.4) is 0 Å². The molecule has 0 aliphatic rings. The van der Waals surface area contributed by atoms with Gasteiger partial charge in [0.1, 0.15) is 0 Å². The van der Waals surface area contributed by atoms with Crippen LogP contribution in [0.1, 0.15) is 0 Å². The first-order chi connectivity index (χ1) is 10.0. The molecule has 5 heteroatoms. The third-order valence-corrected chi connectivity index (χ3v) is 20.7. The summed E-state index contributed by atoms with van der Waals surface area (Å²) in [5, 5.41) is 0. The SMILES string of the molecule is COc1ccc([S][Sn]([CH3])([CH3])[S]c2ccc(OC)cc2)cc1. The van der Waals surface area contributed by atoms with E-state index in [4.69, 9.17) is 9.47 Å². The van der Waals surface area contributed by atoms with Gasteiger partial charge >= 0.3 is 137 Å². The molecule has 21 heavy (non-hydrogen) atoms. The molecule has 0 unspecified atom stereocenters. The van der Waals surface area contributed by atoms with Crippen molar-refractivity contribution in [2.45, 2.75) is 19.7 Å². The summed E-state index contributed by atoms with van der Waals surface area (Å²) < 4.78 is 10.4. The summed E-state index contributed by atoms with van der Waals surface area (Å²) in [5.74, 6) is 1.82. The fraction of sp³-hybridized carbons (Fsp3) is 0.250. The first kappa shape index (κ1) is 16.9. The zero-order valence-electron chi connectivity index (χ0n) is 12.8. The molecule has 0 aromatic heterocycles. The predicted octanol–water partition coefficient (Wildman–Crippen LogP) is 5.29. The third kappa shape index (κ3) is 5.34. The van der Waals surface area contributed by atoms with Gasteiger partial charge in [-0.1, -0.05) is 0 Å². The van der Waals surface area contributed by atoms with Gasteiger partial charge in [0.05, 0.1) is 0 Å². The molecule has 0 aliphatic carbocycles. The molecule has 0 heterocycles. The second kappa shape index (κ2) is 7.70. The van der Waals surface area contributed by atoms with Gasteiger partial charge in [-0.3, -0.25) is 0 Å². The van der Waals surface area contributed by atoms with Crippen molar-refractivity contribution in [3.05, 3.63) is 48.5 Å². The van der Waals surface area contributed by atoms with Gasteiger partial charge in [0.15, 0.2) is 0 Å². The summed E-state index contributed by atoms with van der Waals surface area (Å²) in [6.07, 6.45) is 0. The first-order valence-corrected chi connectivity index (χ1v) is 21.0. The molecule has 0 radical (unpaired) electrons. The molecule has 0 spiro atoms. The van der Waals surface area contributed by atoms with E-state index in [0.717, 1.165) is 11.5 Å². The van der Waals surface area contributed by atoms with E-state index in [1.165, 1.54) is 9.79 Å². The van der Waals surface area contributed by atoms with Crippen molar-refractivity contribution in [3.8, 4) is 11.5 Å². The maximum atomic E-state index is 5.21. The van der Waals surface area contributed by atoms with E-state index >= 15 is 0 Å². The number of methoxy groups -OCH3 is 2. The van der Waals surface area contributed by atoms with Crippen LogP contribution in [0.5, 0.6) is 11.5 Å². The van der Waals surface area contributed by atoms with Gasteiger partial charge < -0.3 is 0 Å². The number of rotatable bonds is 6. The van der Waals surface area contributed by atoms with Crippen molar-refractivity contribution < 1.29 is 9.47 Å². The molecule has 0 saturated carbocycles. The number of benzene rings is 2. The summed E-state index contributed by atoms with van der Waals surface area (Å²) in [6, 6.07) is 16.7. The Morgan fingerprint density at radius 1 is 0.667 bits per heavy atom. The predicted molar refractivity (Wildman–Crippen MR) is 95.2 cm³/mol. The minimum atomic E-state index is -2.27. The van der Waals surface area contributed by atoms with Crippen LogP contribution in [-0.4, -0.2) is 29.8 Å². The molecule has 0 saturated heterocycles. The zero-order chi connectivity index (χ0) is 15.3. The molecule has 2 aromatic rings. The Morgan fingerprint density at radius 2 is 1.00 bits per heavy atom. The van der Waals surface area contributed by atoms with E-state index in [0.29, 0.717) is 0 Å². The molecule has 0 amide bonds. The Balaban J connectivity index is 2.02. The maximum absolute atomic E-state index is 5.21. The summed E-state index contributed by atoms with van der Waals surface area (Å²) >= 11 is -2.27. The molecule has 0 bridgehead atoms. The molecular weight excluding hydrogens is 407 g/mol. The molecule has 112 valence electrons. The molecule has 0 N–H and O–H groups in total. The Bertz CT molecular complexity index is 516. The Hall–Kier alpha value is -0.461. The summed E-state index contributed by atoms with van der Waals surface area (Å²) in [4.78, 5) is 7.55. The molecular formula is C16H20O2S2Sn. The van der Waals surface area contributed by atoms with Gasteiger partial charge in [-0.25, -0.2) is 0 Å². The van der Waals surface area contributed by atoms with Crippen molar-refractivity contribution in [1.29, 1.82) is 0 Å². The van der Waals surface area contributed by atoms with Crippen molar-refractivity contribution in [2.24, 2.45) is 0 Å². The van der Waals surface area contributed by atoms with E-state index < -0.39 is 15.6 Å². The first-order valence-electron chi connectivity index (χ1n) is 6.68. The van der Waals surface area contributed by atoms with Crippen LogP contribution in [0, 0.1) is 0 Å². The molecule has 2 nitrogen and oxygen atoms in total. The van der Waals surface area contributed by atoms with Crippen molar-refractivity contribution in [1.82, 2.24) is 0 Å². The van der Waals surface area contributed by atoms with Crippen LogP contribution < -0.4 is 9.47 Å². The zero-order valence-corrected chi connectivity index (χ0v) is 17.2. The number of hydrogen-bond acceptors (Lipinski definition) is 4. The topological polar surface area (TPSA) is 18.5 Å². The quantitative estimate of drug-likeness (QED) is 0.583. The molecule has 0 aliphatic heterocycles. The average molecular weight is 427 g/mol. The number of hydrogen-bond donors (Lipinski definition) is 0. The van der Waals surface area contributed by atoms with Crippen LogP contribution in [-0.2, 0) is 0 Å². The standard InChI is InChI=1S/2C7H8OS.2CH3.Sn/c2*1-8-6-2-4-7(9)5-3-6;;;/h2*2-5,9H,1H3;2*1H3;/q;;;;+2/p-2. The second-order valence-electron chi connectivity index (χ2n) is 4.96. The Labute approximate surface area is 136 Å². The van der Waals surface area contributed by atoms with E-state index in [1.54, 1.807) is 14.2 Å². The van der Waals surface area contributed by atoms with Crippen molar-refractivity contribution >= 4 is 33.5 Å². The second-order valence-corrected chi connectivity index (χ2v) is 33.2. The fourth-order valence-corrected chi connectivity index (χ4v) is 20.7. The molecule has 2 aromatic carbocycles. The molecule has 2 rings (SSSR count). The van der Waals surface area contributed by atoms with E-state index in [-0.39, 0.29) is 0 Å². The van der Waals surface area contributed by atoms with Crippen LogP contribution >= 0.6 is 17.9 Å². The Kier molecular flexibility index (Phi) is 6.19. The Morgan fingerprint density at radius 3 is 1.29 bits per heavy atom. The van der Waals surface area contributed by atoms with Crippen LogP contribution in [0.15, 0.2) is 58.3 Å². The van der Waals surface area contributed by atoms with Gasteiger partial charge in [-0.05, 0) is 0 Å². The van der Waals surface area contributed by atoms with Crippen LogP contribution in [0.2, 0.25) is 9.88 Å². The summed E-state index contributed by atoms with van der Waals surface area (Å²) in [6.45, 7) is 0. The van der Waals surface area contributed by atoms with E-state index in [2.05, 4.69) is 52.0 Å². The van der Waals surface area contributed by atoms with Gasteiger partial charge in [0.25, 0.3) is 0 Å². The summed E-state index contributed by atoms with van der Waals surface area (Å²) in [7, 11) is 7.51. The monoisotopic (exact) mass is 428 g/mol. The minimum absolute atomic E-state index is 0.912. The van der Waals surface area contributed by atoms with Crippen LogP contribution in [0.25, 0.3) is 0 Å². The van der Waals surface area contributed by atoms with Crippen molar-refractivity contribution in [3.63, 3.8) is 0 Å². The normalized spacial score (nSPS) is 11.2. The van der Waals surface area contributed by atoms with Gasteiger partial charge in [0.2, 0.25) is 0 Å². The molecule has 0 atom stereocenters. The number of ether oxygens (including phenoxy) is 2. The third-order valence-electron chi connectivity index (χ3n) is 2.85. The van der Waals surface area contributed by atoms with Crippen LogP contribution in [0.4, 0.5) is 0 Å². The van der Waals surface area contributed by atoms with E-state index in [9.17, 15) is 0 Å². The van der Waals surface area contributed by atoms with Crippen molar-refractivity contribution in [2.75, 3.05) is 14.2 Å². The summed E-state index contributed by atoms with van der Waals surface area (Å²) in [5.41, 5.74) is 0. The molecule has 0 fully saturated rings. The van der Waals surface area contributed by atoms with Gasteiger partial charge in [-0.2, -0.15) is 0 Å². The van der Waals surface area contributed by atoms with Gasteiger partial charge in [0, 0.05) is 0 Å². The fourth-order valence-electron chi connectivity index (χ4n) is 1.88.